The SMILES string of the molecule is COc1cccc(-c2noc(CNC(=O)c3cccc(OCc4ccccc4Cl)c3)n2)c1. The fourth-order valence-electron chi connectivity index (χ4n) is 2.97. The summed E-state index contributed by atoms with van der Waals surface area (Å²) in [4.78, 5) is 16.9. The molecule has 162 valence electrons. The lowest BCUT2D eigenvalue weighted by Crippen LogP contribution is -2.22. The number of benzene rings is 3. The molecular weight excluding hydrogens is 430 g/mol. The summed E-state index contributed by atoms with van der Waals surface area (Å²) in [6, 6.07) is 21.7. The van der Waals surface area contributed by atoms with Crippen molar-refractivity contribution < 1.29 is 18.8 Å². The second-order valence-corrected chi connectivity index (χ2v) is 7.24. The average Bonchev–Trinajstić information content (AvgIpc) is 3.31. The van der Waals surface area contributed by atoms with Gasteiger partial charge in [-0.05, 0) is 36.4 Å². The Morgan fingerprint density at radius 1 is 1.03 bits per heavy atom. The Balaban J connectivity index is 1.36. The van der Waals surface area contributed by atoms with Crippen LogP contribution in [0.3, 0.4) is 0 Å². The summed E-state index contributed by atoms with van der Waals surface area (Å²) >= 11 is 6.16. The fraction of sp³-hybridized carbons (Fsp3) is 0.125. The Labute approximate surface area is 189 Å². The summed E-state index contributed by atoms with van der Waals surface area (Å²) in [6.45, 7) is 0.403. The quantitative estimate of drug-likeness (QED) is 0.411. The van der Waals surface area contributed by atoms with Crippen LogP contribution in [0.5, 0.6) is 11.5 Å². The smallest absolute Gasteiger partial charge is 0.251 e. The van der Waals surface area contributed by atoms with Crippen molar-refractivity contribution in [3.05, 3.63) is 94.8 Å². The van der Waals surface area contributed by atoms with Crippen LogP contribution in [0.1, 0.15) is 21.8 Å². The minimum absolute atomic E-state index is 0.0977. The Bertz CT molecular complexity index is 1230. The van der Waals surface area contributed by atoms with E-state index in [1.807, 2.05) is 36.4 Å². The van der Waals surface area contributed by atoms with Crippen LogP contribution in [0.4, 0.5) is 0 Å². The molecular formula is C24H20ClN3O4. The largest absolute Gasteiger partial charge is 0.497 e. The summed E-state index contributed by atoms with van der Waals surface area (Å²) in [5.41, 5.74) is 2.08. The van der Waals surface area contributed by atoms with E-state index >= 15 is 0 Å². The predicted octanol–water partition coefficient (Wildman–Crippen LogP) is 4.91. The topological polar surface area (TPSA) is 86.5 Å². The number of carbonyl (C=O) groups is 1. The number of rotatable bonds is 8. The zero-order valence-corrected chi connectivity index (χ0v) is 18.0. The standard InChI is InChI=1S/C24H20ClN3O4/c1-30-19-9-4-7-16(12-19)23-27-22(32-28-23)14-26-24(29)17-8-5-10-20(13-17)31-15-18-6-2-3-11-21(18)25/h2-13H,14-15H2,1H3,(H,26,29). The molecule has 4 aromatic rings. The van der Waals surface area contributed by atoms with Gasteiger partial charge in [0.25, 0.3) is 5.91 Å². The second kappa shape index (κ2) is 9.98. The minimum atomic E-state index is -0.283. The highest BCUT2D eigenvalue weighted by molar-refractivity contribution is 6.31. The summed E-state index contributed by atoms with van der Waals surface area (Å²) in [7, 11) is 1.59. The van der Waals surface area contributed by atoms with E-state index in [0.717, 1.165) is 11.1 Å². The molecule has 1 N–H and O–H groups in total. The first-order valence-corrected chi connectivity index (χ1v) is 10.2. The van der Waals surface area contributed by atoms with Crippen LogP contribution in [0.25, 0.3) is 11.4 Å². The third-order valence-electron chi connectivity index (χ3n) is 4.64. The number of nitrogens with zero attached hydrogens (tertiary/aromatic N) is 2. The molecule has 0 fully saturated rings. The third-order valence-corrected chi connectivity index (χ3v) is 5.01. The number of aromatic nitrogens is 2. The van der Waals surface area contributed by atoms with Crippen molar-refractivity contribution >= 4 is 17.5 Å². The molecule has 0 saturated carbocycles. The summed E-state index contributed by atoms with van der Waals surface area (Å²) < 4.78 is 16.2. The van der Waals surface area contributed by atoms with Gasteiger partial charge in [0, 0.05) is 21.7 Å². The summed E-state index contributed by atoms with van der Waals surface area (Å²) in [6.07, 6.45) is 0. The van der Waals surface area contributed by atoms with Crippen LogP contribution in [0.15, 0.2) is 77.3 Å². The second-order valence-electron chi connectivity index (χ2n) is 6.83. The van der Waals surface area contributed by atoms with Gasteiger partial charge in [0.15, 0.2) is 0 Å². The monoisotopic (exact) mass is 449 g/mol. The molecule has 0 spiro atoms. The molecule has 8 heteroatoms. The Morgan fingerprint density at radius 3 is 2.69 bits per heavy atom. The average molecular weight is 450 g/mol. The minimum Gasteiger partial charge on any atom is -0.497 e. The van der Waals surface area contributed by atoms with Gasteiger partial charge in [-0.3, -0.25) is 4.79 Å². The molecule has 0 atom stereocenters. The van der Waals surface area contributed by atoms with E-state index in [4.69, 9.17) is 25.6 Å². The molecule has 3 aromatic carbocycles. The maximum absolute atomic E-state index is 12.6. The number of amides is 1. The lowest BCUT2D eigenvalue weighted by molar-refractivity contribution is 0.0945. The van der Waals surface area contributed by atoms with Gasteiger partial charge in [0.05, 0.1) is 13.7 Å². The third kappa shape index (κ3) is 5.25. The number of hydrogen-bond donors (Lipinski definition) is 1. The van der Waals surface area contributed by atoms with E-state index in [1.54, 1.807) is 43.5 Å². The van der Waals surface area contributed by atoms with Gasteiger partial charge in [0.2, 0.25) is 11.7 Å². The Hall–Kier alpha value is -3.84. The number of hydrogen-bond acceptors (Lipinski definition) is 6. The number of halogens is 1. The first-order valence-electron chi connectivity index (χ1n) is 9.84. The van der Waals surface area contributed by atoms with Crippen molar-refractivity contribution in [1.82, 2.24) is 15.5 Å². The van der Waals surface area contributed by atoms with Gasteiger partial charge in [-0.25, -0.2) is 0 Å². The molecule has 0 aliphatic heterocycles. The normalized spacial score (nSPS) is 10.6. The molecule has 1 heterocycles. The first-order chi connectivity index (χ1) is 15.6. The molecule has 0 unspecified atom stereocenters. The molecule has 32 heavy (non-hydrogen) atoms. The number of ether oxygens (including phenoxy) is 2. The first kappa shape index (κ1) is 21.4. The van der Waals surface area contributed by atoms with E-state index in [1.165, 1.54) is 0 Å². The molecule has 0 saturated heterocycles. The number of carbonyl (C=O) groups excluding carboxylic acids is 1. The van der Waals surface area contributed by atoms with Crippen molar-refractivity contribution in [1.29, 1.82) is 0 Å². The van der Waals surface area contributed by atoms with Gasteiger partial charge in [0.1, 0.15) is 18.1 Å². The molecule has 1 aromatic heterocycles. The van der Waals surface area contributed by atoms with E-state index in [0.29, 0.717) is 40.4 Å². The highest BCUT2D eigenvalue weighted by atomic mass is 35.5. The van der Waals surface area contributed by atoms with Gasteiger partial charge in [-0.1, -0.05) is 53.2 Å². The summed E-state index contributed by atoms with van der Waals surface area (Å²) in [5.74, 6) is 1.69. The maximum atomic E-state index is 12.6. The van der Waals surface area contributed by atoms with Gasteiger partial charge < -0.3 is 19.3 Å². The molecule has 0 aliphatic carbocycles. The number of nitrogens with one attached hydrogen (secondary N) is 1. The predicted molar refractivity (Wildman–Crippen MR) is 120 cm³/mol. The van der Waals surface area contributed by atoms with Crippen LogP contribution in [-0.4, -0.2) is 23.2 Å². The van der Waals surface area contributed by atoms with Crippen molar-refractivity contribution in [2.24, 2.45) is 0 Å². The molecule has 4 rings (SSSR count). The van der Waals surface area contributed by atoms with Gasteiger partial charge in [-0.15, -0.1) is 0 Å². The van der Waals surface area contributed by atoms with Crippen molar-refractivity contribution in [3.8, 4) is 22.9 Å². The van der Waals surface area contributed by atoms with Crippen LogP contribution < -0.4 is 14.8 Å². The van der Waals surface area contributed by atoms with Crippen LogP contribution in [0.2, 0.25) is 5.02 Å². The van der Waals surface area contributed by atoms with Crippen molar-refractivity contribution in [2.75, 3.05) is 7.11 Å². The molecule has 1 amide bonds. The van der Waals surface area contributed by atoms with Crippen LogP contribution in [0, 0.1) is 0 Å². The van der Waals surface area contributed by atoms with Crippen molar-refractivity contribution in [3.63, 3.8) is 0 Å². The Morgan fingerprint density at radius 2 is 1.84 bits per heavy atom. The van der Waals surface area contributed by atoms with Crippen LogP contribution in [-0.2, 0) is 13.2 Å². The lowest BCUT2D eigenvalue weighted by atomic mass is 10.2. The van der Waals surface area contributed by atoms with Gasteiger partial charge in [-0.2, -0.15) is 4.98 Å². The lowest BCUT2D eigenvalue weighted by Gasteiger charge is -2.09. The number of methoxy groups -OCH3 is 1. The highest BCUT2D eigenvalue weighted by Crippen LogP contribution is 2.22. The molecule has 0 aliphatic rings. The van der Waals surface area contributed by atoms with Gasteiger partial charge >= 0.3 is 0 Å². The zero-order chi connectivity index (χ0) is 22.3. The highest BCUT2D eigenvalue weighted by Gasteiger charge is 2.12. The summed E-state index contributed by atoms with van der Waals surface area (Å²) in [5, 5.41) is 7.37. The fourth-order valence-corrected chi connectivity index (χ4v) is 3.16. The molecule has 0 bridgehead atoms. The zero-order valence-electron chi connectivity index (χ0n) is 17.2. The molecule has 0 radical (unpaired) electrons. The molecule has 7 nitrogen and oxygen atoms in total. The van der Waals surface area contributed by atoms with Crippen molar-refractivity contribution in [2.45, 2.75) is 13.2 Å². The van der Waals surface area contributed by atoms with E-state index in [-0.39, 0.29) is 12.5 Å². The van der Waals surface area contributed by atoms with E-state index < -0.39 is 0 Å². The maximum Gasteiger partial charge on any atom is 0.251 e. The van der Waals surface area contributed by atoms with E-state index in [9.17, 15) is 4.79 Å². The Kier molecular flexibility index (Phi) is 6.67. The van der Waals surface area contributed by atoms with Crippen LogP contribution >= 0.6 is 11.6 Å². The van der Waals surface area contributed by atoms with E-state index in [2.05, 4.69) is 15.5 Å².